The Hall–Kier alpha value is -2.58. The molecule has 0 heterocycles. The molecule has 9 heteroatoms. The van der Waals surface area contributed by atoms with Gasteiger partial charge in [-0.2, -0.15) is 13.2 Å². The molecule has 1 aromatic rings. The number of halogens is 3. The number of hydrogen-bond donors (Lipinski definition) is 3. The molecule has 0 aliphatic carbocycles. The van der Waals surface area contributed by atoms with Gasteiger partial charge in [0, 0.05) is 20.0 Å². The second-order valence-corrected chi connectivity index (χ2v) is 4.24. The van der Waals surface area contributed by atoms with Crippen LogP contribution in [0.5, 0.6) is 0 Å². The number of para-hydroxylation sites is 1. The van der Waals surface area contributed by atoms with Crippen molar-refractivity contribution in [3.8, 4) is 0 Å². The van der Waals surface area contributed by atoms with Crippen LogP contribution in [0.15, 0.2) is 24.3 Å². The zero-order chi connectivity index (χ0) is 16.8. The van der Waals surface area contributed by atoms with Crippen molar-refractivity contribution >= 4 is 23.4 Å². The average Bonchev–Trinajstić information content (AvgIpc) is 2.42. The highest BCUT2D eigenvalue weighted by atomic mass is 19.4. The predicted octanol–water partition coefficient (Wildman–Crippen LogP) is 0.896. The van der Waals surface area contributed by atoms with Crippen LogP contribution in [0, 0.1) is 0 Å². The van der Waals surface area contributed by atoms with Crippen molar-refractivity contribution in [2.24, 2.45) is 0 Å². The molecule has 1 aromatic carbocycles. The second kappa shape index (κ2) is 7.43. The van der Waals surface area contributed by atoms with Crippen molar-refractivity contribution in [2.75, 3.05) is 18.4 Å². The number of carbonyl (C=O) groups is 3. The molecule has 0 fully saturated rings. The molecule has 0 saturated heterocycles. The van der Waals surface area contributed by atoms with Gasteiger partial charge < -0.3 is 16.0 Å². The van der Waals surface area contributed by atoms with Gasteiger partial charge >= 0.3 is 18.0 Å². The molecule has 0 radical (unpaired) electrons. The lowest BCUT2D eigenvalue weighted by Gasteiger charge is -2.13. The normalized spacial score (nSPS) is 10.7. The summed E-state index contributed by atoms with van der Waals surface area (Å²) in [4.78, 5) is 33.6. The molecule has 0 atom stereocenters. The van der Waals surface area contributed by atoms with Crippen LogP contribution in [0.25, 0.3) is 0 Å². The van der Waals surface area contributed by atoms with Gasteiger partial charge in [-0.05, 0) is 12.1 Å². The molecule has 6 nitrogen and oxygen atoms in total. The molecule has 1 rings (SSSR count). The summed E-state index contributed by atoms with van der Waals surface area (Å²) >= 11 is 0. The number of rotatable bonds is 4. The zero-order valence-corrected chi connectivity index (χ0v) is 11.6. The molecule has 3 amide bonds. The number of hydrogen-bond acceptors (Lipinski definition) is 3. The van der Waals surface area contributed by atoms with Crippen LogP contribution >= 0.6 is 0 Å². The van der Waals surface area contributed by atoms with E-state index < -0.39 is 29.2 Å². The minimum absolute atomic E-state index is 0.0211. The van der Waals surface area contributed by atoms with Crippen LogP contribution in [0.3, 0.4) is 0 Å². The Morgan fingerprint density at radius 3 is 2.18 bits per heavy atom. The number of nitrogens with one attached hydrogen (secondary N) is 3. The third kappa shape index (κ3) is 5.43. The molecule has 22 heavy (non-hydrogen) atoms. The summed E-state index contributed by atoms with van der Waals surface area (Å²) < 4.78 is 38.2. The maximum Gasteiger partial charge on any atom is 0.418 e. The monoisotopic (exact) mass is 317 g/mol. The van der Waals surface area contributed by atoms with E-state index in [2.05, 4.69) is 10.6 Å². The minimum atomic E-state index is -4.65. The Kier molecular flexibility index (Phi) is 5.90. The lowest BCUT2D eigenvalue weighted by molar-refractivity contribution is -0.138. The van der Waals surface area contributed by atoms with E-state index in [9.17, 15) is 27.6 Å². The molecular weight excluding hydrogens is 303 g/mol. The van der Waals surface area contributed by atoms with Gasteiger partial charge in [0.2, 0.25) is 5.91 Å². The highest BCUT2D eigenvalue weighted by molar-refractivity contribution is 6.39. The van der Waals surface area contributed by atoms with Crippen LogP contribution in [0.2, 0.25) is 0 Å². The maximum absolute atomic E-state index is 12.7. The van der Waals surface area contributed by atoms with Gasteiger partial charge in [-0.1, -0.05) is 12.1 Å². The molecule has 0 spiro atoms. The summed E-state index contributed by atoms with van der Waals surface area (Å²) in [6, 6.07) is 4.32. The van der Waals surface area contributed by atoms with E-state index in [-0.39, 0.29) is 19.0 Å². The van der Waals surface area contributed by atoms with Crippen molar-refractivity contribution in [3.05, 3.63) is 29.8 Å². The van der Waals surface area contributed by atoms with Crippen LogP contribution < -0.4 is 16.0 Å². The SMILES string of the molecule is CC(=O)NCCNC(=O)C(=O)Nc1ccccc1C(F)(F)F. The van der Waals surface area contributed by atoms with Gasteiger partial charge in [0.1, 0.15) is 0 Å². The molecule has 3 N–H and O–H groups in total. The fraction of sp³-hybridized carbons (Fsp3) is 0.308. The molecular formula is C13H14F3N3O3. The van der Waals surface area contributed by atoms with Crippen molar-refractivity contribution in [2.45, 2.75) is 13.1 Å². The Morgan fingerprint density at radius 1 is 1.00 bits per heavy atom. The summed E-state index contributed by atoms with van der Waals surface area (Å²) in [6.45, 7) is 1.36. The predicted molar refractivity (Wildman–Crippen MR) is 71.8 cm³/mol. The summed E-state index contributed by atoms with van der Waals surface area (Å²) in [7, 11) is 0. The Bertz CT molecular complexity index is 573. The van der Waals surface area contributed by atoms with Crippen molar-refractivity contribution < 1.29 is 27.6 Å². The van der Waals surface area contributed by atoms with Crippen LogP contribution in [0.1, 0.15) is 12.5 Å². The van der Waals surface area contributed by atoms with Crippen molar-refractivity contribution in [3.63, 3.8) is 0 Å². The molecule has 0 aliphatic rings. The van der Waals surface area contributed by atoms with E-state index in [0.29, 0.717) is 0 Å². The quantitative estimate of drug-likeness (QED) is 0.569. The first-order chi connectivity index (χ1) is 10.2. The molecule has 0 bridgehead atoms. The van der Waals surface area contributed by atoms with Crippen molar-refractivity contribution in [1.29, 1.82) is 0 Å². The zero-order valence-electron chi connectivity index (χ0n) is 11.6. The average molecular weight is 317 g/mol. The van der Waals surface area contributed by atoms with E-state index in [0.717, 1.165) is 12.1 Å². The summed E-state index contributed by atoms with van der Waals surface area (Å²) in [5, 5.41) is 6.46. The number of anilines is 1. The highest BCUT2D eigenvalue weighted by Crippen LogP contribution is 2.34. The largest absolute Gasteiger partial charge is 0.418 e. The summed E-state index contributed by atoms with van der Waals surface area (Å²) in [5.74, 6) is -2.63. The van der Waals surface area contributed by atoms with Crippen LogP contribution in [-0.2, 0) is 20.6 Å². The van der Waals surface area contributed by atoms with Crippen LogP contribution in [-0.4, -0.2) is 30.8 Å². The fourth-order valence-corrected chi connectivity index (χ4v) is 1.51. The van der Waals surface area contributed by atoms with Crippen molar-refractivity contribution in [1.82, 2.24) is 10.6 Å². The fourth-order valence-electron chi connectivity index (χ4n) is 1.51. The minimum Gasteiger partial charge on any atom is -0.355 e. The summed E-state index contributed by atoms with van der Waals surface area (Å²) in [6.07, 6.45) is -4.65. The summed E-state index contributed by atoms with van der Waals surface area (Å²) in [5.41, 5.74) is -1.55. The topological polar surface area (TPSA) is 87.3 Å². The first-order valence-corrected chi connectivity index (χ1v) is 6.21. The van der Waals surface area contributed by atoms with E-state index in [4.69, 9.17) is 0 Å². The van der Waals surface area contributed by atoms with Gasteiger partial charge in [-0.15, -0.1) is 0 Å². The first kappa shape index (κ1) is 17.5. The highest BCUT2D eigenvalue weighted by Gasteiger charge is 2.33. The number of alkyl halides is 3. The van der Waals surface area contributed by atoms with E-state index in [1.54, 1.807) is 0 Å². The molecule has 0 aromatic heterocycles. The van der Waals surface area contributed by atoms with Gasteiger partial charge in [-0.25, -0.2) is 0 Å². The third-order valence-electron chi connectivity index (χ3n) is 2.47. The lowest BCUT2D eigenvalue weighted by atomic mass is 10.1. The first-order valence-electron chi connectivity index (χ1n) is 6.21. The maximum atomic E-state index is 12.7. The number of benzene rings is 1. The number of carbonyl (C=O) groups excluding carboxylic acids is 3. The van der Waals surface area contributed by atoms with Gasteiger partial charge in [0.05, 0.1) is 11.3 Å². The lowest BCUT2D eigenvalue weighted by Crippen LogP contribution is -2.39. The van der Waals surface area contributed by atoms with Gasteiger partial charge in [0.15, 0.2) is 0 Å². The number of amides is 3. The van der Waals surface area contributed by atoms with Crippen LogP contribution in [0.4, 0.5) is 18.9 Å². The van der Waals surface area contributed by atoms with Gasteiger partial charge in [-0.3, -0.25) is 14.4 Å². The third-order valence-corrected chi connectivity index (χ3v) is 2.47. The Labute approximate surface area is 124 Å². The van der Waals surface area contributed by atoms with E-state index in [1.165, 1.54) is 19.1 Å². The molecule has 0 aliphatic heterocycles. The molecule has 120 valence electrons. The standard InChI is InChI=1S/C13H14F3N3O3/c1-8(20)17-6-7-18-11(21)12(22)19-10-5-3-2-4-9(10)13(14,15)16/h2-5H,6-7H2,1H3,(H,17,20)(H,18,21)(H,19,22). The smallest absolute Gasteiger partial charge is 0.355 e. The van der Waals surface area contributed by atoms with E-state index in [1.807, 2.05) is 5.32 Å². The van der Waals surface area contributed by atoms with Gasteiger partial charge in [0.25, 0.3) is 0 Å². The van der Waals surface area contributed by atoms with E-state index >= 15 is 0 Å². The second-order valence-electron chi connectivity index (χ2n) is 4.24. The molecule has 0 saturated carbocycles. The Morgan fingerprint density at radius 2 is 1.59 bits per heavy atom. The Balaban J connectivity index is 2.62. The molecule has 0 unspecified atom stereocenters.